The normalized spacial score (nSPS) is 17.0. The first-order valence-electron chi connectivity index (χ1n) is 5.96. The van der Waals surface area contributed by atoms with E-state index >= 15 is 0 Å². The Kier molecular flexibility index (Phi) is 3.65. The van der Waals surface area contributed by atoms with Crippen LogP contribution in [0.1, 0.15) is 30.5 Å². The van der Waals surface area contributed by atoms with Gasteiger partial charge < -0.3 is 5.73 Å². The molecule has 1 aliphatic heterocycles. The Labute approximate surface area is 113 Å². The fourth-order valence-corrected chi connectivity index (χ4v) is 1.94. The van der Waals surface area contributed by atoms with Crippen LogP contribution >= 0.6 is 0 Å². The summed E-state index contributed by atoms with van der Waals surface area (Å²) in [6, 6.07) is 1.66. The van der Waals surface area contributed by atoms with Gasteiger partial charge in [-0.1, -0.05) is 6.92 Å². The van der Waals surface area contributed by atoms with Gasteiger partial charge in [0.25, 0.3) is 0 Å². The van der Waals surface area contributed by atoms with E-state index in [9.17, 15) is 18.0 Å². The van der Waals surface area contributed by atoms with Crippen LogP contribution in [0.4, 0.5) is 18.0 Å². The van der Waals surface area contributed by atoms with Gasteiger partial charge >= 0.3 is 12.2 Å². The highest BCUT2D eigenvalue weighted by molar-refractivity contribution is 5.93. The topological polar surface area (TPSA) is 71.6 Å². The number of hydrogen-bond acceptors (Lipinski definition) is 3. The molecule has 1 aromatic heterocycles. The zero-order valence-electron chi connectivity index (χ0n) is 10.7. The fourth-order valence-electron chi connectivity index (χ4n) is 1.94. The number of nitrogens with two attached hydrogens (primary N) is 1. The molecule has 0 saturated heterocycles. The van der Waals surface area contributed by atoms with Gasteiger partial charge in [0.05, 0.1) is 12.1 Å². The van der Waals surface area contributed by atoms with Gasteiger partial charge in [0, 0.05) is 29.9 Å². The number of amides is 2. The number of carbonyl (C=O) groups excluding carboxylic acids is 1. The number of nitrogens with zero attached hydrogens (tertiary/aromatic N) is 3. The minimum absolute atomic E-state index is 0.262. The number of primary amides is 1. The van der Waals surface area contributed by atoms with Crippen molar-refractivity contribution in [2.24, 2.45) is 10.8 Å². The molecule has 8 heteroatoms. The summed E-state index contributed by atoms with van der Waals surface area (Å²) >= 11 is 0. The highest BCUT2D eigenvalue weighted by Gasteiger charge is 2.31. The van der Waals surface area contributed by atoms with Crippen LogP contribution in [-0.4, -0.2) is 28.3 Å². The Bertz CT molecular complexity index is 539. The van der Waals surface area contributed by atoms with Gasteiger partial charge in [-0.3, -0.25) is 4.98 Å². The third kappa shape index (κ3) is 2.89. The van der Waals surface area contributed by atoms with Crippen molar-refractivity contribution >= 4 is 11.7 Å². The molecule has 2 N–H and O–H groups in total. The Morgan fingerprint density at radius 2 is 2.15 bits per heavy atom. The predicted octanol–water partition coefficient (Wildman–Crippen LogP) is 2.34. The van der Waals surface area contributed by atoms with Crippen molar-refractivity contribution in [3.63, 3.8) is 0 Å². The molecule has 1 aromatic rings. The summed E-state index contributed by atoms with van der Waals surface area (Å²) in [4.78, 5) is 14.8. The van der Waals surface area contributed by atoms with Gasteiger partial charge in [0.15, 0.2) is 0 Å². The molecule has 0 spiro atoms. The molecule has 20 heavy (non-hydrogen) atoms. The highest BCUT2D eigenvalue weighted by atomic mass is 19.4. The number of rotatable bonds is 2. The Balaban J connectivity index is 2.16. The van der Waals surface area contributed by atoms with E-state index in [1.807, 2.05) is 0 Å². The lowest BCUT2D eigenvalue weighted by molar-refractivity contribution is -0.137. The smallest absolute Gasteiger partial charge is 0.350 e. The number of urea groups is 1. The Morgan fingerprint density at radius 1 is 1.45 bits per heavy atom. The van der Waals surface area contributed by atoms with Crippen LogP contribution in [0.3, 0.4) is 0 Å². The molecule has 5 nitrogen and oxygen atoms in total. The van der Waals surface area contributed by atoms with Crippen molar-refractivity contribution < 1.29 is 18.0 Å². The molecule has 0 bridgehead atoms. The molecule has 1 aliphatic rings. The van der Waals surface area contributed by atoms with Crippen LogP contribution in [0, 0.1) is 0 Å². The Morgan fingerprint density at radius 3 is 2.60 bits per heavy atom. The van der Waals surface area contributed by atoms with Crippen LogP contribution in [0.5, 0.6) is 0 Å². The minimum atomic E-state index is -4.40. The first kappa shape index (κ1) is 14.3. The average Bonchev–Trinajstić information content (AvgIpc) is 2.86. The molecule has 1 atom stereocenters. The maximum absolute atomic E-state index is 12.4. The number of hydrogen-bond donors (Lipinski definition) is 1. The fraction of sp³-hybridized carbons (Fsp3) is 0.417. The van der Waals surface area contributed by atoms with Crippen molar-refractivity contribution in [1.29, 1.82) is 0 Å². The average molecular weight is 286 g/mol. The standard InChI is InChI=1S/C12H13F3N4O/c1-7(10-4-5-19(18-10)11(16)20)9-3-2-8(6-17-9)12(13,14)15/h2-3,6-7H,4-5H2,1H3,(H2,16,20)/t7-/m1/s1. The molecule has 2 amide bonds. The second-order valence-corrected chi connectivity index (χ2v) is 4.49. The molecule has 0 aromatic carbocycles. The summed E-state index contributed by atoms with van der Waals surface area (Å²) in [6.45, 7) is 2.16. The van der Waals surface area contributed by atoms with Crippen LogP contribution in [0.2, 0.25) is 0 Å². The van der Waals surface area contributed by atoms with Gasteiger partial charge in [0.1, 0.15) is 0 Å². The summed E-state index contributed by atoms with van der Waals surface area (Å²) < 4.78 is 37.3. The molecule has 0 saturated carbocycles. The first-order chi connectivity index (χ1) is 9.29. The highest BCUT2D eigenvalue weighted by Crippen LogP contribution is 2.29. The van der Waals surface area contributed by atoms with Crippen LogP contribution < -0.4 is 5.73 Å². The number of pyridine rings is 1. The zero-order valence-corrected chi connectivity index (χ0v) is 10.7. The summed E-state index contributed by atoms with van der Waals surface area (Å²) in [6.07, 6.45) is -3.07. The molecule has 0 unspecified atom stereocenters. The number of carbonyl (C=O) groups is 1. The SMILES string of the molecule is C[C@@H](C1=NN(C(N)=O)CC1)c1ccc(C(F)(F)F)cn1. The predicted molar refractivity (Wildman–Crippen MR) is 66.0 cm³/mol. The molecule has 108 valence electrons. The van der Waals surface area contributed by atoms with Gasteiger partial charge in [-0.25, -0.2) is 9.80 Å². The van der Waals surface area contributed by atoms with Crippen LogP contribution in [-0.2, 0) is 6.18 Å². The molecule has 2 heterocycles. The van der Waals surface area contributed by atoms with Crippen molar-refractivity contribution in [1.82, 2.24) is 9.99 Å². The van der Waals surface area contributed by atoms with Crippen LogP contribution in [0.25, 0.3) is 0 Å². The maximum atomic E-state index is 12.4. The molecule has 0 radical (unpaired) electrons. The van der Waals surface area contributed by atoms with Crippen LogP contribution in [0.15, 0.2) is 23.4 Å². The van der Waals surface area contributed by atoms with Crippen molar-refractivity contribution in [3.05, 3.63) is 29.6 Å². The lowest BCUT2D eigenvalue weighted by Gasteiger charge is -2.12. The quantitative estimate of drug-likeness (QED) is 0.906. The second kappa shape index (κ2) is 5.10. The Hall–Kier alpha value is -2.12. The third-order valence-corrected chi connectivity index (χ3v) is 3.14. The molecule has 2 rings (SSSR count). The van der Waals surface area contributed by atoms with E-state index < -0.39 is 17.8 Å². The number of aromatic nitrogens is 1. The van der Waals surface area contributed by atoms with E-state index in [1.54, 1.807) is 6.92 Å². The van der Waals surface area contributed by atoms with E-state index in [2.05, 4.69) is 10.1 Å². The lowest BCUT2D eigenvalue weighted by Crippen LogP contribution is -2.29. The summed E-state index contributed by atoms with van der Waals surface area (Å²) in [5, 5.41) is 5.18. The van der Waals surface area contributed by atoms with E-state index in [1.165, 1.54) is 6.07 Å². The molecule has 0 aliphatic carbocycles. The molecular formula is C12H13F3N4O. The number of halogens is 3. The molecule has 0 fully saturated rings. The number of alkyl halides is 3. The second-order valence-electron chi connectivity index (χ2n) is 4.49. The van der Waals surface area contributed by atoms with E-state index in [4.69, 9.17) is 5.73 Å². The summed E-state index contributed by atoms with van der Waals surface area (Å²) in [5.41, 5.74) is 5.47. The zero-order chi connectivity index (χ0) is 14.9. The maximum Gasteiger partial charge on any atom is 0.417 e. The van der Waals surface area contributed by atoms with Gasteiger partial charge in [-0.2, -0.15) is 18.3 Å². The lowest BCUT2D eigenvalue weighted by atomic mass is 9.99. The van der Waals surface area contributed by atoms with E-state index in [-0.39, 0.29) is 5.92 Å². The minimum Gasteiger partial charge on any atom is -0.350 e. The van der Waals surface area contributed by atoms with Crippen molar-refractivity contribution in [3.8, 4) is 0 Å². The number of hydrazone groups is 1. The van der Waals surface area contributed by atoms with Crippen molar-refractivity contribution in [2.75, 3.05) is 6.54 Å². The van der Waals surface area contributed by atoms with E-state index in [0.717, 1.165) is 17.3 Å². The van der Waals surface area contributed by atoms with Gasteiger partial charge in [-0.05, 0) is 12.1 Å². The van der Waals surface area contributed by atoms with Gasteiger partial charge in [-0.15, -0.1) is 0 Å². The van der Waals surface area contributed by atoms with E-state index in [0.29, 0.717) is 24.4 Å². The monoisotopic (exact) mass is 286 g/mol. The summed E-state index contributed by atoms with van der Waals surface area (Å²) in [7, 11) is 0. The molecular weight excluding hydrogens is 273 g/mol. The van der Waals surface area contributed by atoms with Crippen molar-refractivity contribution in [2.45, 2.75) is 25.4 Å². The first-order valence-corrected chi connectivity index (χ1v) is 5.96. The largest absolute Gasteiger partial charge is 0.417 e. The third-order valence-electron chi connectivity index (χ3n) is 3.14. The van der Waals surface area contributed by atoms with Gasteiger partial charge in [0.2, 0.25) is 0 Å². The summed E-state index contributed by atoms with van der Waals surface area (Å²) in [5.74, 6) is -0.262.